The Morgan fingerprint density at radius 1 is 0.946 bits per heavy atom. The lowest BCUT2D eigenvalue weighted by Crippen LogP contribution is -2.73. The zero-order valence-electron chi connectivity index (χ0n) is 20.1. The van der Waals surface area contributed by atoms with Crippen LogP contribution in [0.2, 0.25) is 5.02 Å². The molecule has 37 heavy (non-hydrogen) atoms. The van der Waals surface area contributed by atoms with Crippen molar-refractivity contribution < 1.29 is 17.6 Å². The number of rotatable bonds is 3. The Kier molecular flexibility index (Phi) is 4.75. The van der Waals surface area contributed by atoms with Gasteiger partial charge in [-0.3, -0.25) is 9.47 Å². The Bertz CT molecular complexity index is 1400. The zero-order valence-corrected chi connectivity index (χ0v) is 20.8. The highest BCUT2D eigenvalue weighted by atomic mass is 35.5. The second kappa shape index (κ2) is 7.57. The van der Waals surface area contributed by atoms with Gasteiger partial charge < -0.3 is 9.80 Å². The summed E-state index contributed by atoms with van der Waals surface area (Å²) in [7, 11) is 0. The van der Waals surface area contributed by atoms with Crippen LogP contribution in [0.15, 0.2) is 30.3 Å². The van der Waals surface area contributed by atoms with Gasteiger partial charge in [-0.05, 0) is 55.7 Å². The molecule has 3 aliphatic heterocycles. The number of aryl methyl sites for hydroxylation is 1. The van der Waals surface area contributed by atoms with E-state index in [0.29, 0.717) is 22.5 Å². The van der Waals surface area contributed by atoms with Crippen LogP contribution in [-0.2, 0) is 13.1 Å². The van der Waals surface area contributed by atoms with Crippen LogP contribution in [0.1, 0.15) is 29.9 Å². The quantitative estimate of drug-likeness (QED) is 0.462. The summed E-state index contributed by atoms with van der Waals surface area (Å²) in [6.45, 7) is 4.96. The van der Waals surface area contributed by atoms with Gasteiger partial charge in [-0.25, -0.2) is 9.37 Å². The molecule has 4 aliphatic rings. The summed E-state index contributed by atoms with van der Waals surface area (Å²) in [4.78, 5) is 10.1. The zero-order chi connectivity index (χ0) is 25.7. The highest BCUT2D eigenvalue weighted by Gasteiger charge is 2.67. The average molecular weight is 534 g/mol. The van der Waals surface area contributed by atoms with Gasteiger partial charge in [0.25, 0.3) is 0 Å². The van der Waals surface area contributed by atoms with Crippen molar-refractivity contribution in [3.8, 4) is 5.69 Å². The normalized spacial score (nSPS) is 21.7. The first kappa shape index (κ1) is 23.2. The minimum atomic E-state index is -4.32. The van der Waals surface area contributed by atoms with Gasteiger partial charge in [-0.1, -0.05) is 11.6 Å². The summed E-state index contributed by atoms with van der Waals surface area (Å²) in [5.74, 6) is 1.58. The molecule has 0 atom stereocenters. The Hall–Kier alpha value is -2.92. The largest absolute Gasteiger partial charge is 0.406 e. The van der Waals surface area contributed by atoms with Crippen molar-refractivity contribution in [1.29, 1.82) is 0 Å². The second-order valence-corrected chi connectivity index (χ2v) is 11.3. The predicted molar refractivity (Wildman–Crippen MR) is 129 cm³/mol. The molecule has 1 aromatic carbocycles. The third-order valence-electron chi connectivity index (χ3n) is 8.26. The number of fused-ring (bicyclic) bond motifs is 3. The van der Waals surface area contributed by atoms with Crippen molar-refractivity contribution in [3.05, 3.63) is 58.3 Å². The number of pyridine rings is 1. The predicted octanol–water partition coefficient (Wildman–Crippen LogP) is 4.50. The summed E-state index contributed by atoms with van der Waals surface area (Å²) < 4.78 is 57.6. The third kappa shape index (κ3) is 3.46. The maximum Gasteiger partial charge on any atom is 0.406 e. The molecule has 1 spiro atoms. The van der Waals surface area contributed by atoms with E-state index in [0.717, 1.165) is 43.2 Å². The molecule has 0 unspecified atom stereocenters. The van der Waals surface area contributed by atoms with Crippen molar-refractivity contribution in [2.45, 2.75) is 44.6 Å². The lowest BCUT2D eigenvalue weighted by molar-refractivity contribution is -0.200. The molecular weight excluding hydrogens is 510 g/mol. The topological polar surface area (TPSA) is 53.3 Å². The van der Waals surface area contributed by atoms with E-state index in [-0.39, 0.29) is 37.2 Å². The van der Waals surface area contributed by atoms with E-state index < -0.39 is 11.7 Å². The Labute approximate surface area is 215 Å². The number of halogens is 5. The van der Waals surface area contributed by atoms with E-state index in [9.17, 15) is 17.6 Å². The van der Waals surface area contributed by atoms with Crippen LogP contribution in [0.5, 0.6) is 0 Å². The molecule has 7 rings (SSSR count). The Morgan fingerprint density at radius 3 is 2.35 bits per heavy atom. The van der Waals surface area contributed by atoms with Crippen molar-refractivity contribution in [1.82, 2.24) is 24.6 Å². The first-order valence-corrected chi connectivity index (χ1v) is 12.6. The van der Waals surface area contributed by atoms with Gasteiger partial charge >= 0.3 is 6.18 Å². The van der Waals surface area contributed by atoms with Gasteiger partial charge in [0.1, 0.15) is 17.2 Å². The van der Waals surface area contributed by atoms with Gasteiger partial charge in [-0.2, -0.15) is 13.2 Å². The number of nitrogens with zero attached hydrogens (tertiary/aromatic N) is 7. The number of alkyl halides is 3. The molecule has 7 nitrogen and oxygen atoms in total. The molecule has 0 radical (unpaired) electrons. The molecule has 12 heteroatoms. The lowest BCUT2D eigenvalue weighted by atomic mass is 9.73. The minimum absolute atomic E-state index is 0.0567. The first-order chi connectivity index (χ1) is 17.6. The number of anilines is 2. The fraction of sp³-hybridized carbons (Fsp3) is 0.480. The summed E-state index contributed by atoms with van der Waals surface area (Å²) in [5, 5.41) is 9.28. The minimum Gasteiger partial charge on any atom is -0.355 e. The monoisotopic (exact) mass is 533 g/mol. The molecule has 2 saturated heterocycles. The second-order valence-electron chi connectivity index (χ2n) is 10.9. The van der Waals surface area contributed by atoms with Gasteiger partial charge in [0.2, 0.25) is 5.95 Å². The van der Waals surface area contributed by atoms with E-state index >= 15 is 0 Å². The van der Waals surface area contributed by atoms with Crippen LogP contribution in [0, 0.1) is 18.2 Å². The molecule has 1 aliphatic carbocycles. The van der Waals surface area contributed by atoms with Crippen LogP contribution in [0.25, 0.3) is 5.69 Å². The Morgan fingerprint density at radius 2 is 1.68 bits per heavy atom. The maximum absolute atomic E-state index is 14.0. The standard InChI is InChI=1S/C25H24ClF4N7/c1-15-18(27)3-5-20(31-15)34-11-23(12-34)13-35(14-23)22-33-32-21-10-36(24(6-7-24)25(28,29)30)9-16-8-17(26)2-4-19(16)37(21)22/h2-5,8H,6-7,9-14H2,1H3. The fourth-order valence-electron chi connectivity index (χ4n) is 6.13. The molecule has 0 N–H and O–H groups in total. The molecule has 0 amide bonds. The van der Waals surface area contributed by atoms with Crippen molar-refractivity contribution in [3.63, 3.8) is 0 Å². The SMILES string of the molecule is Cc1nc(N2CC3(C2)CN(c2nnc4n2-c2ccc(Cl)cc2CN(C2(C(F)(F)F)CC2)C4)C3)ccc1F. The molecule has 1 saturated carbocycles. The van der Waals surface area contributed by atoms with Crippen LogP contribution < -0.4 is 9.80 Å². The number of aromatic nitrogens is 4. The highest BCUT2D eigenvalue weighted by Crippen LogP contribution is 2.55. The van der Waals surface area contributed by atoms with Crippen LogP contribution in [-0.4, -0.2) is 62.5 Å². The van der Waals surface area contributed by atoms with Crippen LogP contribution in [0.3, 0.4) is 0 Å². The number of hydrogen-bond donors (Lipinski definition) is 0. The fourth-order valence-corrected chi connectivity index (χ4v) is 6.32. The Balaban J connectivity index is 1.15. The summed E-state index contributed by atoms with van der Waals surface area (Å²) >= 11 is 6.26. The molecule has 194 valence electrons. The van der Waals surface area contributed by atoms with Gasteiger partial charge in [0, 0.05) is 43.2 Å². The first-order valence-electron chi connectivity index (χ1n) is 12.3. The lowest BCUT2D eigenvalue weighted by Gasteiger charge is -2.60. The third-order valence-corrected chi connectivity index (χ3v) is 8.50. The summed E-state index contributed by atoms with van der Waals surface area (Å²) in [6, 6.07) is 8.48. The van der Waals surface area contributed by atoms with Crippen LogP contribution in [0.4, 0.5) is 29.3 Å². The summed E-state index contributed by atoms with van der Waals surface area (Å²) in [5.41, 5.74) is 0.125. The smallest absolute Gasteiger partial charge is 0.355 e. The van der Waals surface area contributed by atoms with E-state index in [1.807, 2.05) is 10.6 Å². The van der Waals surface area contributed by atoms with E-state index in [4.69, 9.17) is 11.6 Å². The molecule has 3 fully saturated rings. The van der Waals surface area contributed by atoms with Crippen molar-refractivity contribution in [2.24, 2.45) is 5.41 Å². The van der Waals surface area contributed by atoms with Crippen LogP contribution >= 0.6 is 11.6 Å². The van der Waals surface area contributed by atoms with E-state index in [1.54, 1.807) is 25.1 Å². The van der Waals surface area contributed by atoms with Crippen molar-refractivity contribution >= 4 is 23.4 Å². The van der Waals surface area contributed by atoms with Crippen molar-refractivity contribution in [2.75, 3.05) is 36.0 Å². The molecule has 5 heterocycles. The number of hydrogen-bond acceptors (Lipinski definition) is 6. The molecular formula is C25H24ClF4N7. The van der Waals surface area contributed by atoms with Gasteiger partial charge in [-0.15, -0.1) is 10.2 Å². The van der Waals surface area contributed by atoms with E-state index in [2.05, 4.69) is 25.0 Å². The van der Waals surface area contributed by atoms with Gasteiger partial charge in [0.05, 0.1) is 17.9 Å². The maximum atomic E-state index is 14.0. The summed E-state index contributed by atoms with van der Waals surface area (Å²) in [6.07, 6.45) is -4.15. The van der Waals surface area contributed by atoms with Gasteiger partial charge in [0.15, 0.2) is 5.82 Å². The molecule has 0 bridgehead atoms. The highest BCUT2D eigenvalue weighted by molar-refractivity contribution is 6.30. The average Bonchev–Trinajstić information content (AvgIpc) is 3.54. The van der Waals surface area contributed by atoms with E-state index in [1.165, 1.54) is 11.0 Å². The molecule has 3 aromatic rings. The molecule has 2 aromatic heterocycles. The number of benzene rings is 1.